The monoisotopic (exact) mass is 230 g/mol. The molecule has 0 unspecified atom stereocenters. The largest absolute Gasteiger partial charge is 0.356 e. The number of carbonyl (C=O) groups is 1. The zero-order valence-corrected chi connectivity index (χ0v) is 9.31. The summed E-state index contributed by atoms with van der Waals surface area (Å²) in [7, 11) is 0. The molecule has 16 heavy (non-hydrogen) atoms. The van der Waals surface area contributed by atoms with Crippen LogP contribution in [0.1, 0.15) is 21.3 Å². The lowest BCUT2D eigenvalue weighted by Crippen LogP contribution is -2.05. The Kier molecular flexibility index (Phi) is 2.35. The van der Waals surface area contributed by atoms with Gasteiger partial charge in [0.05, 0.1) is 4.88 Å². The van der Waals surface area contributed by atoms with Gasteiger partial charge in [-0.3, -0.25) is 4.79 Å². The molecule has 80 valence electrons. The summed E-state index contributed by atoms with van der Waals surface area (Å²) in [5.74, 6) is 0.101. The van der Waals surface area contributed by atoms with Crippen molar-refractivity contribution in [1.82, 2.24) is 0 Å². The van der Waals surface area contributed by atoms with E-state index in [4.69, 9.17) is 4.74 Å². The van der Waals surface area contributed by atoms with Crippen LogP contribution in [-0.4, -0.2) is 11.9 Å². The highest BCUT2D eigenvalue weighted by molar-refractivity contribution is 7.12. The van der Waals surface area contributed by atoms with Gasteiger partial charge in [-0.2, -0.15) is 0 Å². The number of ketones is 1. The second kappa shape index (κ2) is 3.85. The number of Topliss-reactive ketones (excluding diaryl/α,β-unsaturated/α-hetero) is 1. The molecule has 1 aromatic heterocycles. The van der Waals surface area contributed by atoms with Crippen molar-refractivity contribution in [2.45, 2.75) is 12.2 Å². The van der Waals surface area contributed by atoms with E-state index in [1.807, 2.05) is 47.8 Å². The van der Waals surface area contributed by atoms with Crippen molar-refractivity contribution < 1.29 is 9.53 Å². The molecule has 0 spiro atoms. The molecule has 0 aliphatic carbocycles. The van der Waals surface area contributed by atoms with E-state index in [1.165, 1.54) is 11.3 Å². The molecule has 2 nitrogen and oxygen atoms in total. The Bertz CT molecular complexity index is 490. The van der Waals surface area contributed by atoms with Gasteiger partial charge in [0.15, 0.2) is 6.10 Å². The molecule has 1 aliphatic rings. The lowest BCUT2D eigenvalue weighted by atomic mass is 10.1. The Balaban J connectivity index is 1.75. The minimum absolute atomic E-state index is 0.0456. The average molecular weight is 230 g/mol. The van der Waals surface area contributed by atoms with E-state index in [2.05, 4.69) is 0 Å². The zero-order valence-electron chi connectivity index (χ0n) is 8.50. The summed E-state index contributed by atoms with van der Waals surface area (Å²) in [6, 6.07) is 13.6. The average Bonchev–Trinajstić information content (AvgIpc) is 2.95. The number of hydrogen-bond donors (Lipinski definition) is 0. The molecule has 0 amide bonds. The van der Waals surface area contributed by atoms with Crippen LogP contribution >= 0.6 is 11.3 Å². The molecule has 0 saturated carbocycles. The maximum absolute atomic E-state index is 11.9. The van der Waals surface area contributed by atoms with Crippen LogP contribution < -0.4 is 0 Å². The van der Waals surface area contributed by atoms with Gasteiger partial charge in [0, 0.05) is 0 Å². The highest BCUT2D eigenvalue weighted by Crippen LogP contribution is 2.40. The van der Waals surface area contributed by atoms with Crippen LogP contribution in [0.25, 0.3) is 0 Å². The second-order valence-corrected chi connectivity index (χ2v) is 4.68. The standard InChI is InChI=1S/C13H10O2S/c14-11(10-7-4-8-16-10)13-12(15-13)9-5-2-1-3-6-9/h1-8,12-13H/t12-,13-/m0/s1. The van der Waals surface area contributed by atoms with Gasteiger partial charge in [-0.1, -0.05) is 36.4 Å². The number of ether oxygens (including phenoxy) is 1. The summed E-state index contributed by atoms with van der Waals surface area (Å²) in [6.07, 6.45) is -0.322. The number of epoxide rings is 1. The Morgan fingerprint density at radius 2 is 1.94 bits per heavy atom. The van der Waals surface area contributed by atoms with E-state index in [9.17, 15) is 4.79 Å². The van der Waals surface area contributed by atoms with Crippen LogP contribution in [0.5, 0.6) is 0 Å². The molecule has 1 aliphatic heterocycles. The van der Waals surface area contributed by atoms with Crippen LogP contribution in [0.4, 0.5) is 0 Å². The number of carbonyl (C=O) groups excluding carboxylic acids is 1. The first kappa shape index (κ1) is 9.75. The van der Waals surface area contributed by atoms with Gasteiger partial charge < -0.3 is 4.74 Å². The molecule has 1 aromatic carbocycles. The first-order chi connectivity index (χ1) is 7.86. The molecule has 3 rings (SSSR count). The lowest BCUT2D eigenvalue weighted by Gasteiger charge is -1.93. The summed E-state index contributed by atoms with van der Waals surface area (Å²) in [5, 5.41) is 1.91. The Morgan fingerprint density at radius 1 is 1.12 bits per heavy atom. The first-order valence-corrected chi connectivity index (χ1v) is 6.02. The minimum Gasteiger partial charge on any atom is -0.356 e. The Labute approximate surface area is 97.5 Å². The van der Waals surface area contributed by atoms with Crippen LogP contribution in [0.15, 0.2) is 47.8 Å². The molecule has 1 fully saturated rings. The molecular weight excluding hydrogens is 220 g/mol. The molecule has 1 saturated heterocycles. The van der Waals surface area contributed by atoms with Gasteiger partial charge in [0.2, 0.25) is 5.78 Å². The van der Waals surface area contributed by atoms with E-state index >= 15 is 0 Å². The van der Waals surface area contributed by atoms with Gasteiger partial charge in [-0.25, -0.2) is 0 Å². The van der Waals surface area contributed by atoms with Crippen molar-refractivity contribution >= 4 is 17.1 Å². The highest BCUT2D eigenvalue weighted by atomic mass is 32.1. The van der Waals surface area contributed by atoms with Crippen molar-refractivity contribution in [3.05, 3.63) is 58.3 Å². The van der Waals surface area contributed by atoms with Gasteiger partial charge in [0.1, 0.15) is 6.10 Å². The van der Waals surface area contributed by atoms with E-state index in [0.29, 0.717) is 0 Å². The fourth-order valence-corrected chi connectivity index (χ4v) is 2.46. The molecular formula is C13H10O2S. The third kappa shape index (κ3) is 1.68. The fraction of sp³-hybridized carbons (Fsp3) is 0.154. The van der Waals surface area contributed by atoms with E-state index < -0.39 is 0 Å². The third-order valence-electron chi connectivity index (χ3n) is 2.64. The summed E-state index contributed by atoms with van der Waals surface area (Å²) in [4.78, 5) is 12.7. The van der Waals surface area contributed by atoms with Crippen molar-refractivity contribution in [2.75, 3.05) is 0 Å². The van der Waals surface area contributed by atoms with Crippen LogP contribution in [0, 0.1) is 0 Å². The van der Waals surface area contributed by atoms with Crippen molar-refractivity contribution in [3.63, 3.8) is 0 Å². The fourth-order valence-electron chi connectivity index (χ4n) is 1.77. The minimum atomic E-state index is -0.277. The van der Waals surface area contributed by atoms with Crippen molar-refractivity contribution in [2.24, 2.45) is 0 Å². The van der Waals surface area contributed by atoms with Gasteiger partial charge in [-0.15, -0.1) is 11.3 Å². The quantitative estimate of drug-likeness (QED) is 0.599. The predicted molar refractivity (Wildman–Crippen MR) is 62.7 cm³/mol. The van der Waals surface area contributed by atoms with E-state index in [-0.39, 0.29) is 18.0 Å². The second-order valence-electron chi connectivity index (χ2n) is 3.73. The van der Waals surface area contributed by atoms with Gasteiger partial charge >= 0.3 is 0 Å². The summed E-state index contributed by atoms with van der Waals surface area (Å²) in [6.45, 7) is 0. The van der Waals surface area contributed by atoms with Crippen molar-refractivity contribution in [3.8, 4) is 0 Å². The number of benzene rings is 1. The highest BCUT2D eigenvalue weighted by Gasteiger charge is 2.46. The van der Waals surface area contributed by atoms with Crippen LogP contribution in [-0.2, 0) is 4.74 Å². The maximum atomic E-state index is 11.9. The Morgan fingerprint density at radius 3 is 2.62 bits per heavy atom. The third-order valence-corrected chi connectivity index (χ3v) is 3.53. The smallest absolute Gasteiger partial charge is 0.204 e. The maximum Gasteiger partial charge on any atom is 0.204 e. The van der Waals surface area contributed by atoms with Crippen molar-refractivity contribution in [1.29, 1.82) is 0 Å². The summed E-state index contributed by atoms with van der Waals surface area (Å²) >= 11 is 1.47. The topological polar surface area (TPSA) is 29.6 Å². The SMILES string of the molecule is O=C(c1cccs1)[C@@H]1O[C@H]1c1ccccc1. The molecule has 0 bridgehead atoms. The first-order valence-electron chi connectivity index (χ1n) is 5.14. The van der Waals surface area contributed by atoms with Gasteiger partial charge in [-0.05, 0) is 17.0 Å². The number of rotatable bonds is 3. The van der Waals surface area contributed by atoms with Crippen LogP contribution in [0.2, 0.25) is 0 Å². The lowest BCUT2D eigenvalue weighted by molar-refractivity contribution is 0.0957. The molecule has 2 atom stereocenters. The molecule has 0 N–H and O–H groups in total. The normalized spacial score (nSPS) is 23.0. The van der Waals surface area contributed by atoms with E-state index in [1.54, 1.807) is 0 Å². The molecule has 2 heterocycles. The zero-order chi connectivity index (χ0) is 11.0. The van der Waals surface area contributed by atoms with Crippen LogP contribution in [0.3, 0.4) is 0 Å². The van der Waals surface area contributed by atoms with Gasteiger partial charge in [0.25, 0.3) is 0 Å². The summed E-state index contributed by atoms with van der Waals surface area (Å²) in [5.41, 5.74) is 1.08. The predicted octanol–water partition coefficient (Wildman–Crippen LogP) is 3.07. The number of thiophene rings is 1. The number of hydrogen-bond acceptors (Lipinski definition) is 3. The molecule has 2 aromatic rings. The molecule has 3 heteroatoms. The molecule has 0 radical (unpaired) electrons. The Hall–Kier alpha value is -1.45. The van der Waals surface area contributed by atoms with E-state index in [0.717, 1.165) is 10.4 Å². The summed E-state index contributed by atoms with van der Waals surface area (Å²) < 4.78 is 5.45.